The monoisotopic (exact) mass is 294 g/mol. The second-order valence-corrected chi connectivity index (χ2v) is 4.80. The highest BCUT2D eigenvalue weighted by atomic mass is 79.9. The van der Waals surface area contributed by atoms with E-state index in [4.69, 9.17) is 4.74 Å². The van der Waals surface area contributed by atoms with Crippen LogP contribution in [0.2, 0.25) is 0 Å². The Kier molecular flexibility index (Phi) is 3.79. The molecule has 0 atom stereocenters. The van der Waals surface area contributed by atoms with E-state index in [1.165, 1.54) is 12.1 Å². The summed E-state index contributed by atoms with van der Waals surface area (Å²) in [5, 5.41) is 0. The number of benzene rings is 2. The molecule has 88 valence electrons. The Labute approximate surface area is 108 Å². The number of hydrogen-bond acceptors (Lipinski definition) is 1. The molecular formula is C14H12BrFO. The van der Waals surface area contributed by atoms with Gasteiger partial charge in [-0.15, -0.1) is 0 Å². The van der Waals surface area contributed by atoms with Crippen molar-refractivity contribution in [1.29, 1.82) is 0 Å². The van der Waals surface area contributed by atoms with Gasteiger partial charge >= 0.3 is 0 Å². The minimum atomic E-state index is -0.230. The molecule has 2 aromatic rings. The van der Waals surface area contributed by atoms with Gasteiger partial charge in [-0.2, -0.15) is 0 Å². The molecule has 0 unspecified atom stereocenters. The summed E-state index contributed by atoms with van der Waals surface area (Å²) in [6.07, 6.45) is 0. The van der Waals surface area contributed by atoms with Crippen molar-refractivity contribution in [3.05, 3.63) is 63.9 Å². The third kappa shape index (κ3) is 3.56. The molecular weight excluding hydrogens is 283 g/mol. The number of halogens is 2. The molecule has 2 aromatic carbocycles. The first kappa shape index (κ1) is 12.1. The van der Waals surface area contributed by atoms with E-state index in [0.717, 1.165) is 21.3 Å². The zero-order valence-corrected chi connectivity index (χ0v) is 11.0. The second-order valence-electron chi connectivity index (χ2n) is 3.88. The Bertz CT molecular complexity index is 488. The zero-order valence-electron chi connectivity index (χ0n) is 9.41. The van der Waals surface area contributed by atoms with Crippen LogP contribution in [0.25, 0.3) is 0 Å². The summed E-state index contributed by atoms with van der Waals surface area (Å²) in [4.78, 5) is 0. The lowest BCUT2D eigenvalue weighted by Crippen LogP contribution is -1.95. The SMILES string of the molecule is Cc1cc(Br)cc(OCc2ccc(F)cc2)c1. The summed E-state index contributed by atoms with van der Waals surface area (Å²) in [5.74, 6) is 0.577. The van der Waals surface area contributed by atoms with E-state index in [1.54, 1.807) is 12.1 Å². The van der Waals surface area contributed by atoms with Crippen LogP contribution >= 0.6 is 15.9 Å². The lowest BCUT2D eigenvalue weighted by molar-refractivity contribution is 0.305. The van der Waals surface area contributed by atoms with Crippen molar-refractivity contribution >= 4 is 15.9 Å². The van der Waals surface area contributed by atoms with Crippen molar-refractivity contribution in [3.8, 4) is 5.75 Å². The van der Waals surface area contributed by atoms with Gasteiger partial charge in [-0.1, -0.05) is 28.1 Å². The summed E-state index contributed by atoms with van der Waals surface area (Å²) >= 11 is 3.42. The predicted molar refractivity (Wildman–Crippen MR) is 69.6 cm³/mol. The number of rotatable bonds is 3. The Hall–Kier alpha value is -1.35. The van der Waals surface area contributed by atoms with Crippen LogP contribution in [-0.4, -0.2) is 0 Å². The molecule has 0 bridgehead atoms. The third-order valence-corrected chi connectivity index (χ3v) is 2.79. The van der Waals surface area contributed by atoms with Crippen molar-refractivity contribution in [2.24, 2.45) is 0 Å². The van der Waals surface area contributed by atoms with Crippen LogP contribution in [-0.2, 0) is 6.61 Å². The van der Waals surface area contributed by atoms with E-state index in [2.05, 4.69) is 15.9 Å². The summed E-state index contributed by atoms with van der Waals surface area (Å²) in [5.41, 5.74) is 2.08. The van der Waals surface area contributed by atoms with Gasteiger partial charge in [0.05, 0.1) is 0 Å². The van der Waals surface area contributed by atoms with E-state index in [9.17, 15) is 4.39 Å². The molecule has 0 N–H and O–H groups in total. The van der Waals surface area contributed by atoms with Gasteiger partial charge in [-0.3, -0.25) is 0 Å². The first-order chi connectivity index (χ1) is 8.13. The van der Waals surface area contributed by atoms with Crippen LogP contribution in [0.4, 0.5) is 4.39 Å². The first-order valence-electron chi connectivity index (χ1n) is 5.28. The molecule has 0 aromatic heterocycles. The van der Waals surface area contributed by atoms with Crippen molar-refractivity contribution in [1.82, 2.24) is 0 Å². The summed E-state index contributed by atoms with van der Waals surface area (Å²) in [6, 6.07) is 12.2. The normalized spacial score (nSPS) is 10.3. The van der Waals surface area contributed by atoms with Gasteiger partial charge in [0.15, 0.2) is 0 Å². The lowest BCUT2D eigenvalue weighted by atomic mass is 10.2. The van der Waals surface area contributed by atoms with Gasteiger partial charge in [-0.25, -0.2) is 4.39 Å². The van der Waals surface area contributed by atoms with E-state index >= 15 is 0 Å². The van der Waals surface area contributed by atoms with E-state index in [-0.39, 0.29) is 5.82 Å². The van der Waals surface area contributed by atoms with E-state index in [0.29, 0.717) is 6.61 Å². The van der Waals surface area contributed by atoms with E-state index < -0.39 is 0 Å². The molecule has 0 aliphatic heterocycles. The highest BCUT2D eigenvalue weighted by molar-refractivity contribution is 9.10. The van der Waals surface area contributed by atoms with Crippen molar-refractivity contribution in [3.63, 3.8) is 0 Å². The van der Waals surface area contributed by atoms with Crippen LogP contribution in [0.5, 0.6) is 5.75 Å². The molecule has 0 aliphatic rings. The van der Waals surface area contributed by atoms with Gasteiger partial charge in [0, 0.05) is 4.47 Å². The molecule has 2 rings (SSSR count). The minimum absolute atomic E-state index is 0.230. The largest absolute Gasteiger partial charge is 0.489 e. The fourth-order valence-corrected chi connectivity index (χ4v) is 2.12. The molecule has 0 aliphatic carbocycles. The Morgan fingerprint density at radius 3 is 2.47 bits per heavy atom. The van der Waals surface area contributed by atoms with Gasteiger partial charge < -0.3 is 4.74 Å². The smallest absolute Gasteiger partial charge is 0.123 e. The molecule has 1 nitrogen and oxygen atoms in total. The fraction of sp³-hybridized carbons (Fsp3) is 0.143. The standard InChI is InChI=1S/C14H12BrFO/c1-10-6-12(15)8-14(7-10)17-9-11-2-4-13(16)5-3-11/h2-8H,9H2,1H3. The molecule has 0 radical (unpaired) electrons. The van der Waals surface area contributed by atoms with Gasteiger partial charge in [-0.05, 0) is 48.4 Å². The lowest BCUT2D eigenvalue weighted by Gasteiger charge is -2.07. The third-order valence-electron chi connectivity index (χ3n) is 2.33. The maximum absolute atomic E-state index is 12.7. The van der Waals surface area contributed by atoms with Crippen LogP contribution < -0.4 is 4.74 Å². The molecule has 0 fully saturated rings. The average Bonchev–Trinajstić information content (AvgIpc) is 2.27. The summed E-state index contributed by atoms with van der Waals surface area (Å²) in [7, 11) is 0. The van der Waals surface area contributed by atoms with E-state index in [1.807, 2.05) is 25.1 Å². The molecule has 17 heavy (non-hydrogen) atoms. The zero-order chi connectivity index (χ0) is 12.3. The Morgan fingerprint density at radius 2 is 1.82 bits per heavy atom. The maximum atomic E-state index is 12.7. The number of ether oxygens (including phenoxy) is 1. The summed E-state index contributed by atoms with van der Waals surface area (Å²) < 4.78 is 19.3. The fourth-order valence-electron chi connectivity index (χ4n) is 1.53. The van der Waals surface area contributed by atoms with Crippen LogP contribution in [0, 0.1) is 12.7 Å². The van der Waals surface area contributed by atoms with Crippen LogP contribution in [0.15, 0.2) is 46.9 Å². The summed E-state index contributed by atoms with van der Waals surface area (Å²) in [6.45, 7) is 2.45. The maximum Gasteiger partial charge on any atom is 0.123 e. The minimum Gasteiger partial charge on any atom is -0.489 e. The number of hydrogen-bond donors (Lipinski definition) is 0. The second kappa shape index (κ2) is 5.32. The topological polar surface area (TPSA) is 9.23 Å². The molecule has 0 saturated heterocycles. The first-order valence-corrected chi connectivity index (χ1v) is 6.07. The molecule has 3 heteroatoms. The quantitative estimate of drug-likeness (QED) is 0.811. The average molecular weight is 295 g/mol. The highest BCUT2D eigenvalue weighted by Gasteiger charge is 1.99. The van der Waals surface area contributed by atoms with Gasteiger partial charge in [0.2, 0.25) is 0 Å². The van der Waals surface area contributed by atoms with Crippen LogP contribution in [0.1, 0.15) is 11.1 Å². The Balaban J connectivity index is 2.04. The highest BCUT2D eigenvalue weighted by Crippen LogP contribution is 2.21. The molecule has 0 amide bonds. The molecule has 0 spiro atoms. The van der Waals surface area contributed by atoms with Gasteiger partial charge in [0.1, 0.15) is 18.2 Å². The predicted octanol–water partition coefficient (Wildman–Crippen LogP) is 4.48. The van der Waals surface area contributed by atoms with Crippen molar-refractivity contribution in [2.45, 2.75) is 13.5 Å². The van der Waals surface area contributed by atoms with Crippen molar-refractivity contribution in [2.75, 3.05) is 0 Å². The molecule has 0 heterocycles. The van der Waals surface area contributed by atoms with Crippen molar-refractivity contribution < 1.29 is 9.13 Å². The number of aryl methyl sites for hydroxylation is 1. The Morgan fingerprint density at radius 1 is 1.12 bits per heavy atom. The van der Waals surface area contributed by atoms with Crippen LogP contribution in [0.3, 0.4) is 0 Å². The van der Waals surface area contributed by atoms with Gasteiger partial charge in [0.25, 0.3) is 0 Å². The molecule has 0 saturated carbocycles.